The van der Waals surface area contributed by atoms with Crippen molar-refractivity contribution >= 4 is 42.6 Å². The Morgan fingerprint density at radius 1 is 0.500 bits per heavy atom. The van der Waals surface area contributed by atoms with Gasteiger partial charge in [-0.25, -0.2) is 14.4 Å². The van der Waals surface area contributed by atoms with Gasteiger partial charge in [0, 0.05) is 13.5 Å². The molecule has 0 spiro atoms. The Bertz CT molecular complexity index is 2650. The van der Waals surface area contributed by atoms with Crippen molar-refractivity contribution in [2.45, 2.75) is 159 Å². The normalized spacial score (nSPS) is 24.8. The summed E-state index contributed by atoms with van der Waals surface area (Å²) < 4.78 is 72.7. The molecule has 3 aliphatic heterocycles. The number of benzene rings is 5. The largest absolute Gasteiger partial charge is 0.454 e. The minimum atomic E-state index is -3.36. The van der Waals surface area contributed by atoms with Crippen molar-refractivity contribution in [1.29, 1.82) is 0 Å². The van der Waals surface area contributed by atoms with Crippen LogP contribution in [0.1, 0.15) is 118 Å². The van der Waals surface area contributed by atoms with Gasteiger partial charge in [0.2, 0.25) is 0 Å². The smallest absolute Gasteiger partial charge is 0.338 e. The molecular formula is C62H74O15Si. The first kappa shape index (κ1) is 58.1. The Morgan fingerprint density at radius 3 is 1.44 bits per heavy atom. The van der Waals surface area contributed by atoms with Crippen LogP contribution < -0.4 is 10.4 Å². The molecule has 0 bridgehead atoms. The third kappa shape index (κ3) is 14.2. The van der Waals surface area contributed by atoms with E-state index in [1.807, 2.05) is 36.4 Å². The fraction of sp³-hybridized carbons (Fsp3) is 0.452. The lowest BCUT2D eigenvalue weighted by atomic mass is 9.97. The van der Waals surface area contributed by atoms with Crippen LogP contribution in [-0.2, 0) is 56.6 Å². The summed E-state index contributed by atoms with van der Waals surface area (Å²) in [5.41, 5.74) is 0.567. The van der Waals surface area contributed by atoms with Crippen molar-refractivity contribution in [3.8, 4) is 0 Å². The second kappa shape index (κ2) is 26.7. The third-order valence-corrected chi connectivity index (χ3v) is 19.2. The molecule has 0 unspecified atom stereocenters. The molecular weight excluding hydrogens is 1010 g/mol. The Hall–Kier alpha value is -6.08. The minimum absolute atomic E-state index is 0.179. The first-order valence-corrected chi connectivity index (χ1v) is 29.1. The van der Waals surface area contributed by atoms with E-state index >= 15 is 0 Å². The average molecular weight is 1090 g/mol. The highest BCUT2D eigenvalue weighted by molar-refractivity contribution is 6.99. The lowest BCUT2D eigenvalue weighted by molar-refractivity contribution is -0.322. The molecule has 3 saturated heterocycles. The van der Waals surface area contributed by atoms with Gasteiger partial charge < -0.3 is 51.8 Å². The van der Waals surface area contributed by atoms with E-state index in [9.17, 15) is 19.2 Å². The van der Waals surface area contributed by atoms with Crippen LogP contribution in [0.3, 0.4) is 0 Å². The first-order chi connectivity index (χ1) is 37.6. The lowest BCUT2D eigenvalue weighted by Gasteiger charge is -2.47. The second-order valence-corrected chi connectivity index (χ2v) is 25.7. The number of rotatable bonds is 23. The quantitative estimate of drug-likeness (QED) is 0.0262. The van der Waals surface area contributed by atoms with Gasteiger partial charge in [-0.2, -0.15) is 0 Å². The van der Waals surface area contributed by atoms with Crippen molar-refractivity contribution in [2.24, 2.45) is 0 Å². The number of fused-ring (bicyclic) bond motifs is 1. The molecule has 10 atom stereocenters. The zero-order chi connectivity index (χ0) is 55.3. The summed E-state index contributed by atoms with van der Waals surface area (Å²) in [5, 5.41) is 1.43. The molecule has 15 nitrogen and oxygen atoms in total. The van der Waals surface area contributed by atoms with Crippen LogP contribution in [-0.4, -0.2) is 119 Å². The van der Waals surface area contributed by atoms with Crippen LogP contribution in [0, 0.1) is 0 Å². The topological polar surface area (TPSA) is 170 Å². The lowest BCUT2D eigenvalue weighted by Crippen LogP contribution is -2.69. The number of unbranched alkanes of at least 4 members (excludes halogenated alkanes) is 5. The van der Waals surface area contributed by atoms with Crippen molar-refractivity contribution in [2.75, 3.05) is 19.8 Å². The number of hydrogen-bond acceptors (Lipinski definition) is 15. The van der Waals surface area contributed by atoms with E-state index in [0.29, 0.717) is 6.61 Å². The van der Waals surface area contributed by atoms with Crippen molar-refractivity contribution in [3.63, 3.8) is 0 Å². The number of carbonyl (C=O) groups excluding carboxylic acids is 4. The monoisotopic (exact) mass is 1090 g/mol. The molecule has 3 fully saturated rings. The maximum atomic E-state index is 14.5. The molecule has 5 aromatic rings. The number of carbonyl (C=O) groups is 4. The predicted molar refractivity (Wildman–Crippen MR) is 292 cm³/mol. The van der Waals surface area contributed by atoms with Gasteiger partial charge in [0.1, 0.15) is 24.4 Å². The van der Waals surface area contributed by atoms with Crippen LogP contribution >= 0.6 is 0 Å². The summed E-state index contributed by atoms with van der Waals surface area (Å²) >= 11 is 0. The van der Waals surface area contributed by atoms with Gasteiger partial charge in [-0.05, 0) is 72.1 Å². The molecule has 0 saturated carbocycles. The maximum Gasteiger partial charge on any atom is 0.338 e. The molecule has 0 aromatic heterocycles. The molecule has 0 aliphatic carbocycles. The van der Waals surface area contributed by atoms with Crippen LogP contribution in [0.4, 0.5) is 0 Å². The maximum absolute atomic E-state index is 14.5. The second-order valence-electron chi connectivity index (χ2n) is 21.4. The van der Waals surface area contributed by atoms with Gasteiger partial charge >= 0.3 is 23.9 Å². The Balaban J connectivity index is 1.21. The van der Waals surface area contributed by atoms with Gasteiger partial charge in [-0.15, -0.1) is 0 Å². The van der Waals surface area contributed by atoms with Crippen LogP contribution in [0.25, 0.3) is 0 Å². The summed E-state index contributed by atoms with van der Waals surface area (Å²) in [5.74, 6) is -4.06. The van der Waals surface area contributed by atoms with Crippen molar-refractivity contribution in [1.82, 2.24) is 0 Å². The number of esters is 4. The molecule has 3 aliphatic rings. The highest BCUT2D eigenvalue weighted by Crippen LogP contribution is 2.42. The summed E-state index contributed by atoms with van der Waals surface area (Å²) in [6.45, 7) is 13.2. The molecule has 5 aromatic carbocycles. The van der Waals surface area contributed by atoms with E-state index < -0.39 is 104 Å². The molecule has 16 heteroatoms. The summed E-state index contributed by atoms with van der Waals surface area (Å²) in [7, 11) is -3.36. The zero-order valence-electron chi connectivity index (χ0n) is 45.7. The van der Waals surface area contributed by atoms with E-state index in [-0.39, 0.29) is 29.9 Å². The molecule has 0 amide bonds. The van der Waals surface area contributed by atoms with Crippen LogP contribution in [0.5, 0.6) is 0 Å². The highest BCUT2D eigenvalue weighted by Gasteiger charge is 2.59. The van der Waals surface area contributed by atoms with Gasteiger partial charge in [0.15, 0.2) is 42.8 Å². The van der Waals surface area contributed by atoms with E-state index in [1.165, 1.54) is 6.92 Å². The summed E-state index contributed by atoms with van der Waals surface area (Å²) in [4.78, 5) is 56.2. The van der Waals surface area contributed by atoms with E-state index in [4.69, 9.17) is 51.8 Å². The van der Waals surface area contributed by atoms with E-state index in [0.717, 1.165) is 48.9 Å². The van der Waals surface area contributed by atoms with Gasteiger partial charge in [-0.3, -0.25) is 4.79 Å². The molecule has 0 radical (unpaired) electrons. The summed E-state index contributed by atoms with van der Waals surface area (Å²) in [6, 6.07) is 45.0. The van der Waals surface area contributed by atoms with Crippen molar-refractivity contribution in [3.05, 3.63) is 168 Å². The molecule has 0 N–H and O–H groups in total. The highest BCUT2D eigenvalue weighted by atomic mass is 28.4. The molecule has 416 valence electrons. The SMILES string of the molecule is CCCCCCCCO[C@H]1O[C@H](CO[C@H]2O[C@H](CO[Si](c3ccccc3)(c3ccccc3)C(C)(C)C)[C@@H](OC(=O)c3ccccc3)[C@H](OC(=O)c3ccccc3)[C@@H]2OC(=O)c2ccccc2)[C@@H]2OC(C)(C)O[C@@H]2[C@@H]1OC(C)=O. The third-order valence-electron chi connectivity index (χ3n) is 14.2. The molecule has 3 heterocycles. The molecule has 8 rings (SSSR count). The Morgan fingerprint density at radius 2 is 0.936 bits per heavy atom. The first-order valence-electron chi connectivity index (χ1n) is 27.2. The van der Waals surface area contributed by atoms with E-state index in [1.54, 1.807) is 105 Å². The van der Waals surface area contributed by atoms with Crippen LogP contribution in [0.2, 0.25) is 5.04 Å². The van der Waals surface area contributed by atoms with Crippen LogP contribution in [0.15, 0.2) is 152 Å². The van der Waals surface area contributed by atoms with Gasteiger partial charge in [0.05, 0.1) is 29.9 Å². The Labute approximate surface area is 459 Å². The summed E-state index contributed by atoms with van der Waals surface area (Å²) in [6.07, 6.45) is -6.12. The Kier molecular flexibility index (Phi) is 19.9. The zero-order valence-corrected chi connectivity index (χ0v) is 46.7. The average Bonchev–Trinajstić information content (AvgIpc) is 3.86. The fourth-order valence-electron chi connectivity index (χ4n) is 10.5. The van der Waals surface area contributed by atoms with Crippen molar-refractivity contribution < 1.29 is 71.0 Å². The predicted octanol–water partition coefficient (Wildman–Crippen LogP) is 9.54. The van der Waals surface area contributed by atoms with Gasteiger partial charge in [-0.1, -0.05) is 175 Å². The van der Waals surface area contributed by atoms with Gasteiger partial charge in [0.25, 0.3) is 8.32 Å². The standard InChI is InChI=1S/C62H74O15Si/c1-8-9-10-11-12-28-39-67-59-55(70-42(2)63)53-51(76-62(6,7)77-53)48(71-59)40-68-60-54(75-58(66)45-33-22-15-23-34-45)52(74-57(65)44-31-20-14-21-32-44)50(73-56(64)43-29-18-13-19-30-43)49(72-60)41-69-78(61(3,4)5,46-35-24-16-25-36-46)47-37-26-17-27-38-47/h13-27,29-38,48-55,59-60H,8-12,28,39-41H2,1-7H3/t48-,49-,50-,51+,52+,53+,54+,55+,59+,60+/m1/s1. The number of hydrogen-bond donors (Lipinski definition) is 0. The fourth-order valence-corrected chi connectivity index (χ4v) is 15.1. The van der Waals surface area contributed by atoms with E-state index in [2.05, 4.69) is 52.0 Å². The molecule has 78 heavy (non-hydrogen) atoms. The minimum Gasteiger partial charge on any atom is -0.454 e. The number of ether oxygens (including phenoxy) is 10.